The first-order valence-corrected chi connectivity index (χ1v) is 6.81. The molecular weight excluding hydrogens is 266 g/mol. The van der Waals surface area contributed by atoms with E-state index in [0.29, 0.717) is 6.61 Å². The fourth-order valence-corrected chi connectivity index (χ4v) is 2.13. The molecule has 0 spiro atoms. The van der Waals surface area contributed by atoms with Crippen molar-refractivity contribution in [1.29, 1.82) is 0 Å². The zero-order valence-electron chi connectivity index (χ0n) is 12.0. The van der Waals surface area contributed by atoms with Gasteiger partial charge in [-0.3, -0.25) is 4.79 Å². The summed E-state index contributed by atoms with van der Waals surface area (Å²) in [4.78, 5) is 10.9. The second-order valence-corrected chi connectivity index (χ2v) is 4.99. The highest BCUT2D eigenvalue weighted by Gasteiger charge is 2.16. The minimum Gasteiger partial charge on any atom is -0.488 e. The van der Waals surface area contributed by atoms with E-state index in [1.165, 1.54) is 0 Å². The van der Waals surface area contributed by atoms with Crippen LogP contribution >= 0.6 is 0 Å². The number of benzene rings is 2. The van der Waals surface area contributed by atoms with E-state index in [1.807, 2.05) is 55.5 Å². The minimum absolute atomic E-state index is 0.251. The fraction of sp³-hybridized carbons (Fsp3) is 0.235. The van der Waals surface area contributed by atoms with E-state index in [2.05, 4.69) is 0 Å². The molecule has 2 aromatic rings. The lowest BCUT2D eigenvalue weighted by Crippen LogP contribution is -2.32. The molecule has 4 heteroatoms. The van der Waals surface area contributed by atoms with Gasteiger partial charge < -0.3 is 15.6 Å². The molecule has 0 aliphatic heterocycles. The van der Waals surface area contributed by atoms with Gasteiger partial charge >= 0.3 is 5.97 Å². The molecule has 0 radical (unpaired) electrons. The van der Waals surface area contributed by atoms with Gasteiger partial charge in [-0.25, -0.2) is 0 Å². The molecule has 2 rings (SSSR count). The number of carbonyl (C=O) groups is 1. The summed E-state index contributed by atoms with van der Waals surface area (Å²) in [6, 6.07) is 14.6. The third-order valence-electron chi connectivity index (χ3n) is 3.28. The molecule has 0 saturated carbocycles. The third kappa shape index (κ3) is 4.07. The molecule has 4 nitrogen and oxygen atoms in total. The van der Waals surface area contributed by atoms with Crippen molar-refractivity contribution >= 4 is 5.97 Å². The number of carboxylic acid groups (broad SMARTS) is 1. The van der Waals surface area contributed by atoms with Crippen LogP contribution in [0.4, 0.5) is 0 Å². The maximum atomic E-state index is 10.9. The molecule has 2 aromatic carbocycles. The summed E-state index contributed by atoms with van der Waals surface area (Å²) < 4.78 is 5.89. The lowest BCUT2D eigenvalue weighted by atomic mass is 10.0. The average Bonchev–Trinajstić information content (AvgIpc) is 2.47. The zero-order valence-corrected chi connectivity index (χ0v) is 12.0. The third-order valence-corrected chi connectivity index (χ3v) is 3.28. The Morgan fingerprint density at radius 1 is 1.19 bits per heavy atom. The summed E-state index contributed by atoms with van der Waals surface area (Å²) in [5.74, 6) is -0.288. The predicted molar refractivity (Wildman–Crippen MR) is 81.3 cm³/mol. The molecule has 0 amide bonds. The van der Waals surface area contributed by atoms with Crippen LogP contribution in [0.2, 0.25) is 0 Å². The van der Waals surface area contributed by atoms with E-state index < -0.39 is 12.0 Å². The standard InChI is InChI=1S/C17H19NO3/c1-12-6-5-9-14(10-15(18)17(19)20)16(12)21-11-13-7-3-2-4-8-13/h2-9,15H,10-11,18H2,1H3,(H,19,20)/t15-/m0/s1. The summed E-state index contributed by atoms with van der Waals surface area (Å²) >= 11 is 0. The Kier molecular flexibility index (Phi) is 4.95. The summed E-state index contributed by atoms with van der Waals surface area (Å²) in [5, 5.41) is 8.95. The van der Waals surface area contributed by atoms with Crippen molar-refractivity contribution in [3.8, 4) is 5.75 Å². The number of nitrogens with two attached hydrogens (primary N) is 1. The number of aliphatic carboxylic acids is 1. The van der Waals surface area contributed by atoms with Gasteiger partial charge in [0.25, 0.3) is 0 Å². The number of carboxylic acids is 1. The monoisotopic (exact) mass is 285 g/mol. The summed E-state index contributed by atoms with van der Waals surface area (Å²) in [6.45, 7) is 2.39. The molecule has 0 aromatic heterocycles. The highest BCUT2D eigenvalue weighted by atomic mass is 16.5. The Morgan fingerprint density at radius 3 is 2.57 bits per heavy atom. The second-order valence-electron chi connectivity index (χ2n) is 4.99. The Labute approximate surface area is 124 Å². The normalized spacial score (nSPS) is 11.9. The number of rotatable bonds is 6. The minimum atomic E-state index is -1.01. The first-order chi connectivity index (χ1) is 10.1. The van der Waals surface area contributed by atoms with Gasteiger partial charge in [0, 0.05) is 6.42 Å². The molecule has 0 saturated heterocycles. The maximum Gasteiger partial charge on any atom is 0.320 e. The Bertz CT molecular complexity index is 611. The second kappa shape index (κ2) is 6.90. The van der Waals surface area contributed by atoms with Crippen molar-refractivity contribution in [2.75, 3.05) is 0 Å². The Balaban J connectivity index is 2.16. The van der Waals surface area contributed by atoms with Crippen LogP contribution in [0, 0.1) is 6.92 Å². The van der Waals surface area contributed by atoms with Gasteiger partial charge in [0.05, 0.1) is 0 Å². The lowest BCUT2D eigenvalue weighted by Gasteiger charge is -2.15. The van der Waals surface area contributed by atoms with Crippen LogP contribution in [0.15, 0.2) is 48.5 Å². The topological polar surface area (TPSA) is 72.6 Å². The van der Waals surface area contributed by atoms with Crippen LogP contribution in [-0.4, -0.2) is 17.1 Å². The molecule has 0 unspecified atom stereocenters. The molecular formula is C17H19NO3. The molecule has 0 fully saturated rings. The van der Waals surface area contributed by atoms with Gasteiger partial charge in [0.2, 0.25) is 0 Å². The largest absolute Gasteiger partial charge is 0.488 e. The van der Waals surface area contributed by atoms with Crippen molar-refractivity contribution in [1.82, 2.24) is 0 Å². The predicted octanol–water partition coefficient (Wildman–Crippen LogP) is 2.53. The molecule has 0 bridgehead atoms. The fourth-order valence-electron chi connectivity index (χ4n) is 2.13. The van der Waals surface area contributed by atoms with Crippen molar-refractivity contribution in [2.45, 2.75) is 26.0 Å². The Morgan fingerprint density at radius 2 is 1.90 bits per heavy atom. The highest BCUT2D eigenvalue weighted by Crippen LogP contribution is 2.25. The van der Waals surface area contributed by atoms with Gasteiger partial charge in [-0.15, -0.1) is 0 Å². The highest BCUT2D eigenvalue weighted by molar-refractivity contribution is 5.73. The van der Waals surface area contributed by atoms with Crippen LogP contribution in [-0.2, 0) is 17.8 Å². The van der Waals surface area contributed by atoms with Crippen LogP contribution in [0.25, 0.3) is 0 Å². The van der Waals surface area contributed by atoms with E-state index >= 15 is 0 Å². The van der Waals surface area contributed by atoms with Crippen molar-refractivity contribution in [3.05, 3.63) is 65.2 Å². The van der Waals surface area contributed by atoms with Crippen LogP contribution in [0.5, 0.6) is 5.75 Å². The van der Waals surface area contributed by atoms with Crippen LogP contribution < -0.4 is 10.5 Å². The number of hydrogen-bond acceptors (Lipinski definition) is 3. The number of ether oxygens (including phenoxy) is 1. The molecule has 3 N–H and O–H groups in total. The SMILES string of the molecule is Cc1cccc(C[C@H](N)C(=O)O)c1OCc1ccccc1. The summed E-state index contributed by atoms with van der Waals surface area (Å²) in [7, 11) is 0. The first kappa shape index (κ1) is 15.1. The zero-order chi connectivity index (χ0) is 15.2. The van der Waals surface area contributed by atoms with Crippen LogP contribution in [0.1, 0.15) is 16.7 Å². The maximum absolute atomic E-state index is 10.9. The molecule has 0 heterocycles. The molecule has 1 atom stereocenters. The quantitative estimate of drug-likeness (QED) is 0.855. The molecule has 110 valence electrons. The van der Waals surface area contributed by atoms with Gasteiger partial charge in [0.1, 0.15) is 18.4 Å². The molecule has 0 aliphatic rings. The summed E-state index contributed by atoms with van der Waals surface area (Å²) in [5.41, 5.74) is 8.48. The van der Waals surface area contributed by atoms with Gasteiger partial charge in [-0.1, -0.05) is 48.5 Å². The van der Waals surface area contributed by atoms with E-state index in [0.717, 1.165) is 22.4 Å². The lowest BCUT2D eigenvalue weighted by molar-refractivity contribution is -0.138. The first-order valence-electron chi connectivity index (χ1n) is 6.81. The van der Waals surface area contributed by atoms with Gasteiger partial charge in [0.15, 0.2) is 0 Å². The molecule has 21 heavy (non-hydrogen) atoms. The van der Waals surface area contributed by atoms with E-state index in [9.17, 15) is 4.79 Å². The van der Waals surface area contributed by atoms with Crippen molar-refractivity contribution < 1.29 is 14.6 Å². The van der Waals surface area contributed by atoms with E-state index in [-0.39, 0.29) is 6.42 Å². The van der Waals surface area contributed by atoms with E-state index in [4.69, 9.17) is 15.6 Å². The van der Waals surface area contributed by atoms with Crippen LogP contribution in [0.3, 0.4) is 0 Å². The number of aryl methyl sites for hydroxylation is 1. The number of para-hydroxylation sites is 1. The van der Waals surface area contributed by atoms with Crippen molar-refractivity contribution in [2.24, 2.45) is 5.73 Å². The Hall–Kier alpha value is -2.33. The number of hydrogen-bond donors (Lipinski definition) is 2. The van der Waals surface area contributed by atoms with Gasteiger partial charge in [-0.2, -0.15) is 0 Å². The smallest absolute Gasteiger partial charge is 0.320 e. The van der Waals surface area contributed by atoms with Crippen molar-refractivity contribution in [3.63, 3.8) is 0 Å². The average molecular weight is 285 g/mol. The molecule has 0 aliphatic carbocycles. The summed E-state index contributed by atoms with van der Waals surface area (Å²) in [6.07, 6.45) is 0.251. The van der Waals surface area contributed by atoms with E-state index in [1.54, 1.807) is 0 Å². The van der Waals surface area contributed by atoms with Gasteiger partial charge in [-0.05, 0) is 23.6 Å².